The molecule has 8 heteroatoms. The summed E-state index contributed by atoms with van der Waals surface area (Å²) < 4.78 is 22.4. The van der Waals surface area contributed by atoms with Crippen molar-refractivity contribution in [2.24, 2.45) is 0 Å². The summed E-state index contributed by atoms with van der Waals surface area (Å²) in [6.07, 6.45) is 12.0. The largest absolute Gasteiger partial charge is 0.494 e. The molecule has 33 heavy (non-hydrogen) atoms. The molecule has 0 saturated heterocycles. The molecule has 0 aliphatic carbocycles. The van der Waals surface area contributed by atoms with Gasteiger partial charge in [-0.15, -0.1) is 6.58 Å². The van der Waals surface area contributed by atoms with E-state index in [1.54, 1.807) is 19.5 Å². The van der Waals surface area contributed by atoms with Crippen LogP contribution in [0.2, 0.25) is 0 Å². The number of ether oxygens (including phenoxy) is 1. The van der Waals surface area contributed by atoms with Crippen molar-refractivity contribution in [3.63, 3.8) is 0 Å². The minimum absolute atomic E-state index is 0.135. The molecule has 0 saturated carbocycles. The van der Waals surface area contributed by atoms with E-state index in [0.717, 1.165) is 47.6 Å². The number of allylic oxidation sites excluding steroid dienone is 1. The topological polar surface area (TPSA) is 72.6 Å². The monoisotopic (exact) mass is 469 g/mol. The number of aromatic nitrogens is 4. The van der Waals surface area contributed by atoms with E-state index in [-0.39, 0.29) is 10.8 Å². The molecule has 0 bridgehead atoms. The summed E-state index contributed by atoms with van der Waals surface area (Å²) in [5.41, 5.74) is 4.28. The first-order chi connectivity index (χ1) is 15.7. The van der Waals surface area contributed by atoms with E-state index >= 15 is 0 Å². The quantitative estimate of drug-likeness (QED) is 0.303. The predicted molar refractivity (Wildman–Crippen MR) is 135 cm³/mol. The van der Waals surface area contributed by atoms with Crippen LogP contribution in [0.5, 0.6) is 5.75 Å². The van der Waals surface area contributed by atoms with Gasteiger partial charge in [0.1, 0.15) is 16.7 Å². The van der Waals surface area contributed by atoms with Crippen molar-refractivity contribution in [2.45, 2.75) is 64.7 Å². The number of methoxy groups -OCH3 is 1. The standard InChI is InChI=1S/C25H35N5O2S/c1-8-10-11-12-20-24-26-13-14-29(24)17-22(28-20)19-15-21(27-16-23(19)32-7)18(3)30(9-2)33(31)25(4,5)6/h8,13-18H,1,9-12H2,2-7H3/t18-,33-/m1/s1. The van der Waals surface area contributed by atoms with Gasteiger partial charge in [-0.2, -0.15) is 0 Å². The van der Waals surface area contributed by atoms with Crippen LogP contribution < -0.4 is 4.74 Å². The summed E-state index contributed by atoms with van der Waals surface area (Å²) >= 11 is 0. The van der Waals surface area contributed by atoms with Crippen LogP contribution in [0.15, 0.2) is 43.5 Å². The van der Waals surface area contributed by atoms with Crippen LogP contribution in [0.1, 0.15) is 64.9 Å². The molecule has 0 aromatic carbocycles. The van der Waals surface area contributed by atoms with Crippen molar-refractivity contribution in [2.75, 3.05) is 13.7 Å². The van der Waals surface area contributed by atoms with E-state index in [1.165, 1.54) is 0 Å². The number of pyridine rings is 1. The first-order valence-corrected chi connectivity index (χ1v) is 12.5. The molecule has 0 unspecified atom stereocenters. The number of aryl methyl sites for hydroxylation is 1. The molecule has 0 fully saturated rings. The fraction of sp³-hybridized carbons (Fsp3) is 0.480. The minimum atomic E-state index is -1.16. The van der Waals surface area contributed by atoms with Gasteiger partial charge in [-0.05, 0) is 53.0 Å². The molecule has 2 atom stereocenters. The number of nitrogens with zero attached hydrogens (tertiary/aromatic N) is 5. The summed E-state index contributed by atoms with van der Waals surface area (Å²) in [5.74, 6) is 0.648. The lowest BCUT2D eigenvalue weighted by atomic mass is 10.1. The number of rotatable bonds is 10. The maximum absolute atomic E-state index is 13.1. The molecular formula is C25H35N5O2S. The van der Waals surface area contributed by atoms with Crippen molar-refractivity contribution in [3.05, 3.63) is 54.9 Å². The highest BCUT2D eigenvalue weighted by Crippen LogP contribution is 2.33. The molecule has 0 aliphatic heterocycles. The van der Waals surface area contributed by atoms with Crippen LogP contribution in [0.4, 0.5) is 0 Å². The lowest BCUT2D eigenvalue weighted by Gasteiger charge is -2.32. The zero-order chi connectivity index (χ0) is 24.2. The van der Waals surface area contributed by atoms with Gasteiger partial charge in [-0.3, -0.25) is 4.98 Å². The second-order valence-corrected chi connectivity index (χ2v) is 11.2. The van der Waals surface area contributed by atoms with Crippen LogP contribution in [0, 0.1) is 0 Å². The number of fused-ring (bicyclic) bond motifs is 1. The highest BCUT2D eigenvalue weighted by molar-refractivity contribution is 7.84. The summed E-state index contributed by atoms with van der Waals surface area (Å²) in [6.45, 7) is 14.5. The summed E-state index contributed by atoms with van der Waals surface area (Å²) in [6, 6.07) is 1.87. The SMILES string of the molecule is C=CCCCc1nc(-c2cc([C@@H](C)N(CC)[S@](=O)C(C)(C)C)ncc2OC)cn2ccnc12. The minimum Gasteiger partial charge on any atom is -0.494 e. The van der Waals surface area contributed by atoms with Crippen LogP contribution in [0.25, 0.3) is 16.9 Å². The van der Waals surface area contributed by atoms with Crippen molar-refractivity contribution in [3.8, 4) is 17.0 Å². The second kappa shape index (κ2) is 10.6. The second-order valence-electron chi connectivity index (χ2n) is 8.99. The van der Waals surface area contributed by atoms with Gasteiger partial charge < -0.3 is 9.14 Å². The van der Waals surface area contributed by atoms with Crippen LogP contribution >= 0.6 is 0 Å². The molecule has 3 aromatic rings. The van der Waals surface area contributed by atoms with Gasteiger partial charge >= 0.3 is 0 Å². The van der Waals surface area contributed by atoms with Gasteiger partial charge in [-0.25, -0.2) is 18.5 Å². The Morgan fingerprint density at radius 2 is 2.09 bits per heavy atom. The molecule has 0 amide bonds. The fourth-order valence-electron chi connectivity index (χ4n) is 3.79. The van der Waals surface area contributed by atoms with Gasteiger partial charge in [0.15, 0.2) is 5.65 Å². The number of unbranched alkanes of at least 4 members (excludes halogenated alkanes) is 1. The Labute approximate surface area is 199 Å². The number of hydrogen-bond donors (Lipinski definition) is 0. The smallest absolute Gasteiger partial charge is 0.158 e. The number of imidazole rings is 1. The average Bonchev–Trinajstić information content (AvgIpc) is 3.27. The molecule has 178 valence electrons. The maximum Gasteiger partial charge on any atom is 0.158 e. The van der Waals surface area contributed by atoms with E-state index in [9.17, 15) is 4.21 Å². The Morgan fingerprint density at radius 1 is 1.33 bits per heavy atom. The molecular weight excluding hydrogens is 434 g/mol. The van der Waals surface area contributed by atoms with Crippen molar-refractivity contribution in [1.82, 2.24) is 23.7 Å². The Hall–Kier alpha value is -2.58. The van der Waals surface area contributed by atoms with Crippen molar-refractivity contribution < 1.29 is 8.95 Å². The van der Waals surface area contributed by atoms with Gasteiger partial charge in [0, 0.05) is 30.7 Å². The lowest BCUT2D eigenvalue weighted by Crippen LogP contribution is -2.39. The van der Waals surface area contributed by atoms with Crippen molar-refractivity contribution >= 4 is 16.6 Å². The van der Waals surface area contributed by atoms with E-state index in [0.29, 0.717) is 12.3 Å². The molecule has 3 heterocycles. The highest BCUT2D eigenvalue weighted by Gasteiger charge is 2.30. The van der Waals surface area contributed by atoms with Gasteiger partial charge in [0.05, 0.1) is 41.2 Å². The Balaban J connectivity index is 2.06. The molecule has 0 spiro atoms. The average molecular weight is 470 g/mol. The molecule has 0 radical (unpaired) electrons. The third-order valence-corrected chi connectivity index (χ3v) is 7.61. The molecule has 0 aliphatic rings. The van der Waals surface area contributed by atoms with Crippen LogP contribution in [-0.4, -0.2) is 46.3 Å². The van der Waals surface area contributed by atoms with E-state index < -0.39 is 11.0 Å². The van der Waals surface area contributed by atoms with Gasteiger partial charge in [0.2, 0.25) is 0 Å². The molecule has 0 N–H and O–H groups in total. The lowest BCUT2D eigenvalue weighted by molar-refractivity contribution is 0.364. The van der Waals surface area contributed by atoms with Crippen LogP contribution in [0.3, 0.4) is 0 Å². The van der Waals surface area contributed by atoms with E-state index in [2.05, 4.69) is 16.5 Å². The van der Waals surface area contributed by atoms with Crippen LogP contribution in [-0.2, 0) is 17.4 Å². The summed E-state index contributed by atoms with van der Waals surface area (Å²) in [5, 5.41) is 0. The first kappa shape index (κ1) is 25.1. The zero-order valence-electron chi connectivity index (χ0n) is 20.5. The maximum atomic E-state index is 13.1. The fourth-order valence-corrected chi connectivity index (χ4v) is 5.13. The third kappa shape index (κ3) is 5.50. The number of hydrogen-bond acceptors (Lipinski definition) is 5. The molecule has 3 aromatic heterocycles. The van der Waals surface area contributed by atoms with Gasteiger partial charge in [-0.1, -0.05) is 13.0 Å². The van der Waals surface area contributed by atoms with Gasteiger partial charge in [0.25, 0.3) is 0 Å². The van der Waals surface area contributed by atoms with E-state index in [4.69, 9.17) is 9.72 Å². The molecule has 7 nitrogen and oxygen atoms in total. The molecule has 3 rings (SSSR count). The Bertz CT molecular complexity index is 1140. The first-order valence-electron chi connectivity index (χ1n) is 11.4. The zero-order valence-corrected chi connectivity index (χ0v) is 21.4. The van der Waals surface area contributed by atoms with Crippen molar-refractivity contribution in [1.29, 1.82) is 0 Å². The summed E-state index contributed by atoms with van der Waals surface area (Å²) in [7, 11) is 0.477. The Kier molecular flexibility index (Phi) is 8.02. The van der Waals surface area contributed by atoms with E-state index in [1.807, 2.05) is 67.9 Å². The summed E-state index contributed by atoms with van der Waals surface area (Å²) in [4.78, 5) is 14.1. The third-order valence-electron chi connectivity index (χ3n) is 5.56. The predicted octanol–water partition coefficient (Wildman–Crippen LogP) is 5.15. The Morgan fingerprint density at radius 3 is 2.73 bits per heavy atom. The highest BCUT2D eigenvalue weighted by atomic mass is 32.2. The normalized spacial score (nSPS) is 13.9.